The van der Waals surface area contributed by atoms with Gasteiger partial charge in [0.25, 0.3) is 0 Å². The van der Waals surface area contributed by atoms with Crippen molar-refractivity contribution in [3.63, 3.8) is 0 Å². The molecule has 0 aliphatic carbocycles. The van der Waals surface area contributed by atoms with Crippen LogP contribution >= 0.6 is 0 Å². The minimum Gasteiger partial charge on any atom is -0.0917 e. The van der Waals surface area contributed by atoms with E-state index in [0.717, 1.165) is 11.8 Å². The van der Waals surface area contributed by atoms with Gasteiger partial charge in [-0.3, -0.25) is 0 Å². The van der Waals surface area contributed by atoms with Crippen LogP contribution in [-0.4, -0.2) is 0 Å². The summed E-state index contributed by atoms with van der Waals surface area (Å²) in [5, 5.41) is 0. The Balaban J connectivity index is 3.53. The predicted octanol–water partition coefficient (Wildman–Crippen LogP) is 4.42. The van der Waals surface area contributed by atoms with E-state index in [1.807, 2.05) is 0 Å². The van der Waals surface area contributed by atoms with Crippen molar-refractivity contribution in [2.75, 3.05) is 0 Å². The number of hydrogen-bond donors (Lipinski definition) is 0. The molecule has 0 aliphatic rings. The van der Waals surface area contributed by atoms with Crippen LogP contribution in [0.4, 0.5) is 0 Å². The molecular formula is C12H24. The number of allylic oxidation sites excluding steroid dienone is 2. The molecule has 0 aromatic carbocycles. The first kappa shape index (κ1) is 11.7. The number of hydrogen-bond acceptors (Lipinski definition) is 0. The zero-order valence-corrected chi connectivity index (χ0v) is 9.14. The lowest BCUT2D eigenvalue weighted by atomic mass is 9.89. The van der Waals surface area contributed by atoms with Crippen LogP contribution in [0.3, 0.4) is 0 Å². The predicted molar refractivity (Wildman–Crippen MR) is 57.3 cm³/mol. The third-order valence-electron chi connectivity index (χ3n) is 2.73. The molecule has 2 atom stereocenters. The maximum Gasteiger partial charge on any atom is -0.0322 e. The molecule has 0 spiro atoms. The van der Waals surface area contributed by atoms with Crippen LogP contribution in [0.15, 0.2) is 12.2 Å². The second kappa shape index (κ2) is 7.39. The molecule has 0 bridgehead atoms. The molecule has 0 N–H and O–H groups in total. The molecule has 0 fully saturated rings. The average Bonchev–Trinajstić information content (AvgIpc) is 2.10. The number of rotatable bonds is 6. The van der Waals surface area contributed by atoms with Crippen LogP contribution in [0.25, 0.3) is 0 Å². The van der Waals surface area contributed by atoms with Gasteiger partial charge in [0.1, 0.15) is 0 Å². The molecule has 0 aromatic heterocycles. The summed E-state index contributed by atoms with van der Waals surface area (Å²) in [7, 11) is 0. The maximum absolute atomic E-state index is 2.38. The van der Waals surface area contributed by atoms with Gasteiger partial charge in [-0.1, -0.05) is 52.2 Å². The SMILES string of the molecule is CC=CCC(C)C(C)CCCC. The van der Waals surface area contributed by atoms with Gasteiger partial charge in [0.15, 0.2) is 0 Å². The summed E-state index contributed by atoms with van der Waals surface area (Å²) in [6.07, 6.45) is 9.81. The summed E-state index contributed by atoms with van der Waals surface area (Å²) in [5.74, 6) is 1.74. The standard InChI is InChI=1S/C12H24/c1-5-7-9-11(3)12(4)10-8-6-2/h5,7,11-12H,6,8-10H2,1-4H3. The van der Waals surface area contributed by atoms with Crippen molar-refractivity contribution < 1.29 is 0 Å². The Hall–Kier alpha value is -0.260. The fraction of sp³-hybridized carbons (Fsp3) is 0.833. The first-order valence-corrected chi connectivity index (χ1v) is 5.33. The minimum absolute atomic E-state index is 0.854. The molecule has 0 saturated carbocycles. The summed E-state index contributed by atoms with van der Waals surface area (Å²) in [5.41, 5.74) is 0. The van der Waals surface area contributed by atoms with Gasteiger partial charge >= 0.3 is 0 Å². The molecule has 0 rings (SSSR count). The molecule has 12 heavy (non-hydrogen) atoms. The van der Waals surface area contributed by atoms with Gasteiger partial charge < -0.3 is 0 Å². The van der Waals surface area contributed by atoms with Gasteiger partial charge in [-0.05, 0) is 25.2 Å². The van der Waals surface area contributed by atoms with E-state index in [-0.39, 0.29) is 0 Å². The first-order chi connectivity index (χ1) is 5.72. The van der Waals surface area contributed by atoms with Crippen LogP contribution in [-0.2, 0) is 0 Å². The summed E-state index contributed by atoms with van der Waals surface area (Å²) < 4.78 is 0. The van der Waals surface area contributed by atoms with E-state index >= 15 is 0 Å². The van der Waals surface area contributed by atoms with Gasteiger partial charge in [0, 0.05) is 0 Å². The molecule has 2 unspecified atom stereocenters. The zero-order valence-electron chi connectivity index (χ0n) is 9.14. The van der Waals surface area contributed by atoms with Crippen molar-refractivity contribution in [2.45, 2.75) is 53.4 Å². The van der Waals surface area contributed by atoms with E-state index in [1.165, 1.54) is 25.7 Å². The highest BCUT2D eigenvalue weighted by atomic mass is 14.1. The highest BCUT2D eigenvalue weighted by Gasteiger charge is 2.09. The van der Waals surface area contributed by atoms with Gasteiger partial charge in [0.05, 0.1) is 0 Å². The molecule has 0 saturated heterocycles. The third kappa shape index (κ3) is 5.40. The van der Waals surface area contributed by atoms with Crippen LogP contribution in [0.2, 0.25) is 0 Å². The van der Waals surface area contributed by atoms with E-state index in [2.05, 4.69) is 39.8 Å². The van der Waals surface area contributed by atoms with Crippen molar-refractivity contribution >= 4 is 0 Å². The summed E-state index contributed by atoms with van der Waals surface area (Å²) in [4.78, 5) is 0. The fourth-order valence-electron chi connectivity index (χ4n) is 1.39. The first-order valence-electron chi connectivity index (χ1n) is 5.33. The van der Waals surface area contributed by atoms with E-state index in [0.29, 0.717) is 0 Å². The average molecular weight is 168 g/mol. The molecule has 0 heteroatoms. The quantitative estimate of drug-likeness (QED) is 0.515. The summed E-state index contributed by atoms with van der Waals surface area (Å²) >= 11 is 0. The Morgan fingerprint density at radius 3 is 2.33 bits per heavy atom. The van der Waals surface area contributed by atoms with E-state index in [9.17, 15) is 0 Å². The van der Waals surface area contributed by atoms with Gasteiger partial charge in [0.2, 0.25) is 0 Å². The lowest BCUT2D eigenvalue weighted by Crippen LogP contribution is -2.06. The Bertz CT molecular complexity index is 113. The van der Waals surface area contributed by atoms with Crippen molar-refractivity contribution in [3.8, 4) is 0 Å². The van der Waals surface area contributed by atoms with Gasteiger partial charge in [-0.15, -0.1) is 0 Å². The van der Waals surface area contributed by atoms with E-state index in [4.69, 9.17) is 0 Å². The minimum atomic E-state index is 0.854. The molecular weight excluding hydrogens is 144 g/mol. The smallest absolute Gasteiger partial charge is 0.0322 e. The normalized spacial score (nSPS) is 16.7. The Kier molecular flexibility index (Phi) is 7.23. The molecule has 0 amide bonds. The molecule has 0 heterocycles. The van der Waals surface area contributed by atoms with Crippen molar-refractivity contribution in [3.05, 3.63) is 12.2 Å². The van der Waals surface area contributed by atoms with E-state index < -0.39 is 0 Å². The fourth-order valence-corrected chi connectivity index (χ4v) is 1.39. The summed E-state index contributed by atoms with van der Waals surface area (Å²) in [6.45, 7) is 9.11. The number of unbranched alkanes of at least 4 members (excludes halogenated alkanes) is 1. The van der Waals surface area contributed by atoms with Crippen molar-refractivity contribution in [2.24, 2.45) is 11.8 Å². The Labute approximate surface area is 78.1 Å². The Morgan fingerprint density at radius 2 is 1.83 bits per heavy atom. The second-order valence-corrected chi connectivity index (χ2v) is 3.90. The summed E-state index contributed by atoms with van der Waals surface area (Å²) in [6, 6.07) is 0. The van der Waals surface area contributed by atoms with Crippen LogP contribution in [0.5, 0.6) is 0 Å². The monoisotopic (exact) mass is 168 g/mol. The van der Waals surface area contributed by atoms with Crippen LogP contribution in [0, 0.1) is 11.8 Å². The zero-order chi connectivity index (χ0) is 9.40. The molecule has 0 nitrogen and oxygen atoms in total. The lowest BCUT2D eigenvalue weighted by Gasteiger charge is -2.17. The highest BCUT2D eigenvalue weighted by Crippen LogP contribution is 2.20. The Morgan fingerprint density at radius 1 is 1.17 bits per heavy atom. The molecule has 72 valence electrons. The topological polar surface area (TPSA) is 0 Å². The van der Waals surface area contributed by atoms with Crippen molar-refractivity contribution in [1.29, 1.82) is 0 Å². The van der Waals surface area contributed by atoms with Crippen molar-refractivity contribution in [1.82, 2.24) is 0 Å². The van der Waals surface area contributed by atoms with Gasteiger partial charge in [-0.25, -0.2) is 0 Å². The maximum atomic E-state index is 2.38. The molecule has 0 radical (unpaired) electrons. The molecule has 0 aromatic rings. The largest absolute Gasteiger partial charge is 0.0917 e. The lowest BCUT2D eigenvalue weighted by molar-refractivity contribution is 0.358. The van der Waals surface area contributed by atoms with E-state index in [1.54, 1.807) is 0 Å². The second-order valence-electron chi connectivity index (χ2n) is 3.90. The van der Waals surface area contributed by atoms with Crippen LogP contribution in [0.1, 0.15) is 53.4 Å². The van der Waals surface area contributed by atoms with Gasteiger partial charge in [-0.2, -0.15) is 0 Å². The highest BCUT2D eigenvalue weighted by molar-refractivity contribution is 4.80. The molecule has 0 aliphatic heterocycles. The third-order valence-corrected chi connectivity index (χ3v) is 2.73. The van der Waals surface area contributed by atoms with Crippen LogP contribution < -0.4 is 0 Å².